The molecular weight excluding hydrogens is 899 g/mol. The fraction of sp³-hybridized carbons (Fsp3) is 0.645. The first-order valence-corrected chi connectivity index (χ1v) is 23.6. The zero-order valence-electron chi connectivity index (χ0n) is 33.0. The third-order valence-electron chi connectivity index (χ3n) is 8.81. The van der Waals surface area contributed by atoms with Crippen LogP contribution in [0.2, 0.25) is 0 Å². The Hall–Kier alpha value is -3.23. The molecule has 0 aromatic carbocycles. The second-order valence-corrected chi connectivity index (χ2v) is 19.7. The summed E-state index contributed by atoms with van der Waals surface area (Å²) in [6.45, 7) is 5.76. The van der Waals surface area contributed by atoms with Gasteiger partial charge < -0.3 is 60.8 Å². The topological polar surface area (TPSA) is 404 Å². The normalized spacial score (nSPS) is 21.3. The van der Waals surface area contributed by atoms with E-state index in [1.807, 2.05) is 0 Å². The van der Waals surface area contributed by atoms with Crippen molar-refractivity contribution in [2.45, 2.75) is 83.5 Å². The molecule has 0 bridgehead atoms. The van der Waals surface area contributed by atoms with Gasteiger partial charge in [-0.05, 0) is 32.1 Å². The molecule has 3 rings (SSSR count). The van der Waals surface area contributed by atoms with E-state index in [-0.39, 0.29) is 66.1 Å². The first kappa shape index (κ1) is 52.1. The first-order valence-electron chi connectivity index (χ1n) is 18.1. The number of amides is 2. The Balaban J connectivity index is 1.42. The van der Waals surface area contributed by atoms with Gasteiger partial charge in [0.05, 0.1) is 19.5 Å². The number of carbonyl (C=O) groups excluding carboxylic acids is 4. The molecule has 30 heteroatoms. The largest absolute Gasteiger partial charge is 0.550 e. The number of phosphoric ester groups is 3. The van der Waals surface area contributed by atoms with Crippen LogP contribution in [0.4, 0.5) is 5.82 Å². The highest BCUT2D eigenvalue weighted by molar-refractivity contribution is 8.13. The van der Waals surface area contributed by atoms with Crippen molar-refractivity contribution in [1.29, 1.82) is 0 Å². The van der Waals surface area contributed by atoms with Crippen LogP contribution in [0, 0.1) is 11.3 Å². The number of nitrogens with zero attached hydrogens (tertiary/aromatic N) is 4. The summed E-state index contributed by atoms with van der Waals surface area (Å²) in [7, 11) is -16.5. The number of hydrogen-bond acceptors (Lipinski definition) is 20. The lowest BCUT2D eigenvalue weighted by Crippen LogP contribution is -2.46. The van der Waals surface area contributed by atoms with E-state index >= 15 is 0 Å². The van der Waals surface area contributed by atoms with Gasteiger partial charge in [-0.15, -0.1) is 0 Å². The minimum atomic E-state index is -5.59. The minimum Gasteiger partial charge on any atom is -0.550 e. The van der Waals surface area contributed by atoms with Crippen molar-refractivity contribution < 1.29 is 90.4 Å². The van der Waals surface area contributed by atoms with Gasteiger partial charge in [0.15, 0.2) is 22.8 Å². The van der Waals surface area contributed by atoms with Gasteiger partial charge in [-0.1, -0.05) is 37.8 Å². The van der Waals surface area contributed by atoms with Gasteiger partial charge in [-0.2, -0.15) is 4.31 Å². The maximum atomic E-state index is 12.7. The number of phosphoric acid groups is 3. The van der Waals surface area contributed by atoms with E-state index in [1.54, 1.807) is 6.92 Å². The summed E-state index contributed by atoms with van der Waals surface area (Å²) in [4.78, 5) is 98.8. The maximum Gasteiger partial charge on any atom is 0.481 e. The Bertz CT molecular complexity index is 2040. The Morgan fingerprint density at radius 2 is 1.74 bits per heavy atom. The summed E-state index contributed by atoms with van der Waals surface area (Å²) in [6.07, 6.45) is -6.11. The van der Waals surface area contributed by atoms with E-state index in [1.165, 1.54) is 13.8 Å². The number of anilines is 1. The number of fused-ring (bicyclic) bond motifs is 1. The van der Waals surface area contributed by atoms with Gasteiger partial charge >= 0.3 is 23.5 Å². The molecule has 0 radical (unpaired) electrons. The van der Waals surface area contributed by atoms with Crippen LogP contribution in [0.1, 0.15) is 59.1 Å². The number of imidazole rings is 1. The lowest BCUT2D eigenvalue weighted by molar-refractivity contribution is -0.306. The Morgan fingerprint density at radius 1 is 1.07 bits per heavy atom. The van der Waals surface area contributed by atoms with Gasteiger partial charge in [0.2, 0.25) is 11.8 Å². The molecule has 2 amide bonds. The predicted octanol–water partition coefficient (Wildman–Crippen LogP) is -0.833. The first-order chi connectivity index (χ1) is 28.2. The number of carboxylic acid groups (broad SMARTS) is 1. The second-order valence-electron chi connectivity index (χ2n) is 14.3. The maximum absolute atomic E-state index is 12.7. The Morgan fingerprint density at radius 3 is 2.38 bits per heavy atom. The number of aliphatic hydroxyl groups is 2. The standard InChI is InChI=1S/C31H50N7O19P3S/c1-17(2)18(12-21(40)41)6-5-7-22(42)61-11-10-33-20(39)8-9-34-29(45)26(44)31(3,4)14-54-60(51,52)57-59(49,50)53-13-19-25(56-58(46,47)48)24(43)30(55-19)38-16-37-23-27(32)35-15-36-28(23)38/h15-16,18-19,24-26,30,43-44H,1,5-14H2,2-4H3,(H,33,39)(H,34,45)(H,40,41)(H,49,50)(H,51,52)(H2,32,35,36)(H2,46,47,48)/p-1/t18?,19-,24-,25-,26+,30-/m1/s1. The van der Waals surface area contributed by atoms with Crippen LogP contribution < -0.4 is 21.5 Å². The number of aliphatic carboxylic acids is 1. The van der Waals surface area contributed by atoms with Crippen molar-refractivity contribution in [2.75, 3.05) is 37.8 Å². The van der Waals surface area contributed by atoms with Crippen LogP contribution in [0.3, 0.4) is 0 Å². The molecule has 1 saturated heterocycles. The molecule has 344 valence electrons. The molecule has 1 fully saturated rings. The van der Waals surface area contributed by atoms with E-state index in [2.05, 4.69) is 41.0 Å². The van der Waals surface area contributed by atoms with Crippen LogP contribution in [-0.4, -0.2) is 129 Å². The molecule has 8 atom stereocenters. The quantitative estimate of drug-likeness (QED) is 0.0315. The zero-order chi connectivity index (χ0) is 45.9. The van der Waals surface area contributed by atoms with Crippen molar-refractivity contribution in [3.8, 4) is 0 Å². The summed E-state index contributed by atoms with van der Waals surface area (Å²) in [5, 5.41) is 37.1. The monoisotopic (exact) mass is 948 g/mol. The number of allylic oxidation sites excluding steroid dienone is 1. The summed E-state index contributed by atoms with van der Waals surface area (Å²) < 4.78 is 62.1. The molecule has 10 N–H and O–H groups in total. The zero-order valence-corrected chi connectivity index (χ0v) is 36.5. The SMILES string of the molecule is C=C(C)C(CCCC(=O)SCCNC(=O)CCNC(=O)[C@H](O)C(C)(C)COP(=O)(O)OP(=O)(O)OC[C@H]1O[C@@H](n2cnc3c(N)ncnc32)[C@H](O)[C@@H]1OP(=O)(O)O)CC(=O)[O-]. The smallest absolute Gasteiger partial charge is 0.481 e. The van der Waals surface area contributed by atoms with Gasteiger partial charge in [-0.3, -0.25) is 32.5 Å². The second kappa shape index (κ2) is 22.4. The minimum absolute atomic E-state index is 0.0199. The van der Waals surface area contributed by atoms with Crippen LogP contribution in [0.15, 0.2) is 24.8 Å². The summed E-state index contributed by atoms with van der Waals surface area (Å²) >= 11 is 0.993. The fourth-order valence-corrected chi connectivity index (χ4v) is 9.13. The Labute approximate surface area is 352 Å². The molecule has 26 nitrogen and oxygen atoms in total. The molecule has 2 aromatic rings. The van der Waals surface area contributed by atoms with Crippen molar-refractivity contribution in [1.82, 2.24) is 30.2 Å². The third-order valence-corrected chi connectivity index (χ3v) is 12.8. The summed E-state index contributed by atoms with van der Waals surface area (Å²) in [5.74, 6) is -2.77. The van der Waals surface area contributed by atoms with Gasteiger partial charge in [0.1, 0.15) is 36.3 Å². The van der Waals surface area contributed by atoms with Crippen molar-refractivity contribution >= 4 is 75.1 Å². The Kier molecular flexibility index (Phi) is 19.1. The number of carboxylic acids is 1. The van der Waals surface area contributed by atoms with E-state index in [4.69, 9.17) is 19.5 Å². The summed E-state index contributed by atoms with van der Waals surface area (Å²) in [6, 6.07) is 0. The average molecular weight is 949 g/mol. The van der Waals surface area contributed by atoms with Crippen molar-refractivity contribution in [3.05, 3.63) is 24.8 Å². The number of nitrogen functional groups attached to an aromatic ring is 1. The molecule has 1 aliphatic rings. The average Bonchev–Trinajstić information content (AvgIpc) is 3.70. The number of rotatable bonds is 26. The summed E-state index contributed by atoms with van der Waals surface area (Å²) in [5.41, 5.74) is 4.90. The lowest BCUT2D eigenvalue weighted by Gasteiger charge is -2.30. The highest BCUT2D eigenvalue weighted by Crippen LogP contribution is 2.61. The lowest BCUT2D eigenvalue weighted by atomic mass is 9.87. The van der Waals surface area contributed by atoms with E-state index in [0.29, 0.717) is 18.4 Å². The fourth-order valence-electron chi connectivity index (χ4n) is 5.58. The van der Waals surface area contributed by atoms with Crippen LogP contribution in [0.5, 0.6) is 0 Å². The van der Waals surface area contributed by atoms with Crippen LogP contribution in [0.25, 0.3) is 11.2 Å². The number of thioether (sulfide) groups is 1. The van der Waals surface area contributed by atoms with E-state index < -0.39 is 90.5 Å². The highest BCUT2D eigenvalue weighted by Gasteiger charge is 2.50. The van der Waals surface area contributed by atoms with Crippen LogP contribution in [-0.2, 0) is 55.5 Å². The number of hydrogen-bond donors (Lipinski definition) is 9. The van der Waals surface area contributed by atoms with Gasteiger partial charge in [0.25, 0.3) is 0 Å². The number of aromatic nitrogens is 4. The molecule has 0 spiro atoms. The van der Waals surface area contributed by atoms with Crippen molar-refractivity contribution in [3.63, 3.8) is 0 Å². The molecule has 2 aromatic heterocycles. The number of ether oxygens (including phenoxy) is 1. The molecule has 61 heavy (non-hydrogen) atoms. The number of carbonyl (C=O) groups is 4. The van der Waals surface area contributed by atoms with Gasteiger partial charge in [-0.25, -0.2) is 28.6 Å². The van der Waals surface area contributed by atoms with E-state index in [9.17, 15) is 67.8 Å². The molecule has 3 unspecified atom stereocenters. The molecule has 0 saturated carbocycles. The molecule has 3 heterocycles. The predicted molar refractivity (Wildman–Crippen MR) is 209 cm³/mol. The third kappa shape index (κ3) is 16.8. The molecule has 1 aliphatic heterocycles. The number of nitrogens with two attached hydrogens (primary N) is 1. The number of aliphatic hydroxyl groups excluding tert-OH is 2. The molecule has 0 aliphatic carbocycles. The van der Waals surface area contributed by atoms with Crippen molar-refractivity contribution in [2.24, 2.45) is 11.3 Å². The number of nitrogens with one attached hydrogen (secondary N) is 2. The highest BCUT2D eigenvalue weighted by atomic mass is 32.2. The van der Waals surface area contributed by atoms with Gasteiger partial charge in [0, 0.05) is 43.1 Å². The van der Waals surface area contributed by atoms with E-state index in [0.717, 1.165) is 29.0 Å². The van der Waals surface area contributed by atoms with Crippen LogP contribution >= 0.6 is 35.2 Å². The molecular formula is C31H49N7O19P3S-.